The molecule has 2 N–H and O–H groups in total. The third kappa shape index (κ3) is 3.23. The van der Waals surface area contributed by atoms with Crippen LogP contribution >= 0.6 is 0 Å². The van der Waals surface area contributed by atoms with E-state index in [4.69, 9.17) is 4.74 Å². The Morgan fingerprint density at radius 1 is 1.53 bits per heavy atom. The molecule has 1 aliphatic rings. The van der Waals surface area contributed by atoms with Crippen LogP contribution in [0, 0.1) is 0 Å². The van der Waals surface area contributed by atoms with Crippen LogP contribution in [0.15, 0.2) is 23.4 Å². The maximum Gasteiger partial charge on any atom is 0.244 e. The van der Waals surface area contributed by atoms with Gasteiger partial charge in [-0.15, -0.1) is 0 Å². The molecule has 0 aliphatic carbocycles. The molecule has 1 unspecified atom stereocenters. The summed E-state index contributed by atoms with van der Waals surface area (Å²) in [7, 11) is -1.91. The van der Waals surface area contributed by atoms with Crippen molar-refractivity contribution in [1.29, 1.82) is 0 Å². The molecule has 1 aromatic rings. The number of hydrogen-bond donors (Lipinski definition) is 2. The molecule has 0 saturated carbocycles. The normalized spacial score (nSPS) is 23.5. The molecule has 19 heavy (non-hydrogen) atoms. The molecule has 106 valence electrons. The summed E-state index contributed by atoms with van der Waals surface area (Å²) in [5.74, 6) is 0. The number of rotatable bonds is 5. The van der Waals surface area contributed by atoms with Crippen LogP contribution in [0.5, 0.6) is 0 Å². The van der Waals surface area contributed by atoms with Gasteiger partial charge in [0.15, 0.2) is 0 Å². The topological polar surface area (TPSA) is 80.3 Å². The molecule has 1 aliphatic heterocycles. The van der Waals surface area contributed by atoms with Crippen molar-refractivity contribution in [3.05, 3.63) is 18.5 Å². The summed E-state index contributed by atoms with van der Waals surface area (Å²) in [5, 5.41) is 2.85. The van der Waals surface area contributed by atoms with Crippen LogP contribution < -0.4 is 10.0 Å². The Balaban J connectivity index is 2.14. The van der Waals surface area contributed by atoms with Crippen molar-refractivity contribution in [3.8, 4) is 0 Å². The molecule has 0 radical (unpaired) electrons. The number of pyridine rings is 1. The van der Waals surface area contributed by atoms with Crippen LogP contribution in [-0.4, -0.2) is 39.2 Å². The average molecular weight is 285 g/mol. The van der Waals surface area contributed by atoms with E-state index in [1.165, 1.54) is 6.20 Å². The van der Waals surface area contributed by atoms with Crippen molar-refractivity contribution in [2.24, 2.45) is 0 Å². The highest BCUT2D eigenvalue weighted by atomic mass is 32.2. The fourth-order valence-electron chi connectivity index (χ4n) is 2.10. The van der Waals surface area contributed by atoms with E-state index in [0.29, 0.717) is 12.3 Å². The lowest BCUT2D eigenvalue weighted by molar-refractivity contribution is 0.0250. The van der Waals surface area contributed by atoms with Gasteiger partial charge in [-0.3, -0.25) is 4.98 Å². The second-order valence-electron chi connectivity index (χ2n) is 4.85. The van der Waals surface area contributed by atoms with Gasteiger partial charge in [-0.05, 0) is 25.8 Å². The molecular weight excluding hydrogens is 266 g/mol. The fraction of sp³-hybridized carbons (Fsp3) is 0.583. The summed E-state index contributed by atoms with van der Waals surface area (Å²) < 4.78 is 32.7. The molecular formula is C12H19N3O3S. The van der Waals surface area contributed by atoms with Crippen LogP contribution in [-0.2, 0) is 14.8 Å². The first-order chi connectivity index (χ1) is 8.97. The van der Waals surface area contributed by atoms with Crippen molar-refractivity contribution in [3.63, 3.8) is 0 Å². The van der Waals surface area contributed by atoms with Gasteiger partial charge >= 0.3 is 0 Å². The quantitative estimate of drug-likeness (QED) is 0.842. The van der Waals surface area contributed by atoms with Crippen LogP contribution in [0.25, 0.3) is 0 Å². The predicted octanol–water partition coefficient (Wildman–Crippen LogP) is 0.971. The Morgan fingerprint density at radius 2 is 2.32 bits per heavy atom. The fourth-order valence-corrected chi connectivity index (χ4v) is 3.41. The van der Waals surface area contributed by atoms with Gasteiger partial charge in [0, 0.05) is 32.6 Å². The first kappa shape index (κ1) is 14.2. The van der Waals surface area contributed by atoms with Gasteiger partial charge in [-0.1, -0.05) is 0 Å². The number of nitrogens with zero attached hydrogens (tertiary/aromatic N) is 1. The molecule has 1 atom stereocenters. The summed E-state index contributed by atoms with van der Waals surface area (Å²) in [6.45, 7) is 2.88. The first-order valence-electron chi connectivity index (χ1n) is 6.22. The summed E-state index contributed by atoms with van der Waals surface area (Å²) in [4.78, 5) is 4.02. The lowest BCUT2D eigenvalue weighted by Gasteiger charge is -2.23. The number of hydrogen-bond acceptors (Lipinski definition) is 5. The third-order valence-electron chi connectivity index (χ3n) is 3.28. The standard InChI is InChI=1S/C12H19N3O3S/c1-12(5-3-7-18-12)9-15-19(16,17)11-8-14-6-4-10(11)13-2/h4,6,8,15H,3,5,7,9H2,1-2H3,(H,13,14). The molecule has 2 heterocycles. The Labute approximate surface area is 113 Å². The summed E-state index contributed by atoms with van der Waals surface area (Å²) in [6.07, 6.45) is 4.71. The summed E-state index contributed by atoms with van der Waals surface area (Å²) in [5.41, 5.74) is 0.120. The van der Waals surface area contributed by atoms with E-state index in [2.05, 4.69) is 15.0 Å². The Morgan fingerprint density at radius 3 is 2.95 bits per heavy atom. The minimum atomic E-state index is -3.58. The van der Waals surface area contributed by atoms with E-state index in [1.54, 1.807) is 19.3 Å². The monoisotopic (exact) mass is 285 g/mol. The Kier molecular flexibility index (Phi) is 4.07. The molecule has 2 rings (SSSR count). The number of anilines is 1. The van der Waals surface area contributed by atoms with Crippen molar-refractivity contribution in [1.82, 2.24) is 9.71 Å². The van der Waals surface area contributed by atoms with Gasteiger partial charge < -0.3 is 10.1 Å². The highest BCUT2D eigenvalue weighted by Crippen LogP contribution is 2.25. The van der Waals surface area contributed by atoms with Crippen LogP contribution in [0.2, 0.25) is 0 Å². The lowest BCUT2D eigenvalue weighted by atomic mass is 10.0. The lowest BCUT2D eigenvalue weighted by Crippen LogP contribution is -2.40. The van der Waals surface area contributed by atoms with Crippen molar-refractivity contribution < 1.29 is 13.2 Å². The van der Waals surface area contributed by atoms with E-state index in [1.807, 2.05) is 6.92 Å². The highest BCUT2D eigenvalue weighted by molar-refractivity contribution is 7.89. The molecule has 6 nitrogen and oxygen atoms in total. The van der Waals surface area contributed by atoms with E-state index in [9.17, 15) is 8.42 Å². The second-order valence-corrected chi connectivity index (χ2v) is 6.58. The zero-order valence-electron chi connectivity index (χ0n) is 11.1. The highest BCUT2D eigenvalue weighted by Gasteiger charge is 2.31. The molecule has 7 heteroatoms. The van der Waals surface area contributed by atoms with Crippen molar-refractivity contribution in [2.75, 3.05) is 25.5 Å². The van der Waals surface area contributed by atoms with Gasteiger partial charge in [0.1, 0.15) is 4.90 Å². The first-order valence-corrected chi connectivity index (χ1v) is 7.71. The number of ether oxygens (including phenoxy) is 1. The molecule has 1 saturated heterocycles. The zero-order valence-corrected chi connectivity index (χ0v) is 12.0. The van der Waals surface area contributed by atoms with E-state index < -0.39 is 15.6 Å². The van der Waals surface area contributed by atoms with Crippen molar-refractivity contribution in [2.45, 2.75) is 30.3 Å². The third-order valence-corrected chi connectivity index (χ3v) is 4.71. The molecule has 1 fully saturated rings. The summed E-state index contributed by atoms with van der Waals surface area (Å²) in [6, 6.07) is 1.63. The number of sulfonamides is 1. The SMILES string of the molecule is CNc1ccncc1S(=O)(=O)NCC1(C)CCCO1. The maximum atomic E-state index is 12.3. The second kappa shape index (κ2) is 5.44. The van der Waals surface area contributed by atoms with Gasteiger partial charge in [0.05, 0.1) is 11.3 Å². The van der Waals surface area contributed by atoms with Gasteiger partial charge in [-0.25, -0.2) is 13.1 Å². The minimum absolute atomic E-state index is 0.152. The smallest absolute Gasteiger partial charge is 0.244 e. The van der Waals surface area contributed by atoms with E-state index in [0.717, 1.165) is 12.8 Å². The maximum absolute atomic E-state index is 12.3. The Hall–Kier alpha value is -1.18. The van der Waals surface area contributed by atoms with Crippen molar-refractivity contribution >= 4 is 15.7 Å². The molecule has 0 aromatic carbocycles. The zero-order chi connectivity index (χ0) is 13.9. The number of nitrogens with one attached hydrogen (secondary N) is 2. The minimum Gasteiger partial charge on any atom is -0.387 e. The van der Waals surface area contributed by atoms with Crippen LogP contribution in [0.4, 0.5) is 5.69 Å². The average Bonchev–Trinajstić information content (AvgIpc) is 2.84. The number of aromatic nitrogens is 1. The molecule has 0 amide bonds. The van der Waals surface area contributed by atoms with Crippen LogP contribution in [0.1, 0.15) is 19.8 Å². The largest absolute Gasteiger partial charge is 0.387 e. The molecule has 1 aromatic heterocycles. The van der Waals surface area contributed by atoms with Gasteiger partial charge in [0.25, 0.3) is 0 Å². The molecule has 0 spiro atoms. The van der Waals surface area contributed by atoms with E-state index >= 15 is 0 Å². The van der Waals surface area contributed by atoms with Gasteiger partial charge in [-0.2, -0.15) is 0 Å². The Bertz CT molecular complexity index is 539. The van der Waals surface area contributed by atoms with Crippen LogP contribution in [0.3, 0.4) is 0 Å². The predicted molar refractivity (Wildman–Crippen MR) is 72.6 cm³/mol. The summed E-state index contributed by atoms with van der Waals surface area (Å²) >= 11 is 0. The van der Waals surface area contributed by atoms with E-state index in [-0.39, 0.29) is 11.4 Å². The molecule has 0 bridgehead atoms. The van der Waals surface area contributed by atoms with Gasteiger partial charge in [0.2, 0.25) is 10.0 Å².